The molecule has 1 rings (SSSR count). The summed E-state index contributed by atoms with van der Waals surface area (Å²) in [5.41, 5.74) is 0. The normalized spacial score (nSPS) is 26.0. The Morgan fingerprint density at radius 2 is 2.07 bits per heavy atom. The van der Waals surface area contributed by atoms with Crippen LogP contribution in [0.5, 0.6) is 0 Å². The van der Waals surface area contributed by atoms with Gasteiger partial charge in [0.05, 0.1) is 6.10 Å². The third-order valence-corrected chi connectivity index (χ3v) is 2.47. The summed E-state index contributed by atoms with van der Waals surface area (Å²) >= 11 is 0. The molecule has 0 bridgehead atoms. The lowest BCUT2D eigenvalue weighted by atomic mass is 10.1. The van der Waals surface area contributed by atoms with Gasteiger partial charge in [0.2, 0.25) is 5.91 Å². The minimum atomic E-state index is -1.04. The summed E-state index contributed by atoms with van der Waals surface area (Å²) in [7, 11) is 0. The smallest absolute Gasteiger partial charge is 0.326 e. The number of nitrogens with zero attached hydrogens (tertiary/aromatic N) is 1. The van der Waals surface area contributed by atoms with E-state index in [4.69, 9.17) is 5.11 Å². The highest BCUT2D eigenvalue weighted by molar-refractivity contribution is 5.84. The molecule has 0 aromatic heterocycles. The topological polar surface area (TPSA) is 77.8 Å². The number of aliphatic hydroxyl groups is 1. The lowest BCUT2D eigenvalue weighted by molar-refractivity contribution is -0.148. The molecular weight excluding hydrogens is 198 g/mol. The van der Waals surface area contributed by atoms with E-state index in [1.807, 2.05) is 13.8 Å². The Hall–Kier alpha value is -1.10. The molecule has 1 saturated heterocycles. The third-order valence-electron chi connectivity index (χ3n) is 2.47. The van der Waals surface area contributed by atoms with Crippen molar-refractivity contribution in [3.63, 3.8) is 0 Å². The van der Waals surface area contributed by atoms with Gasteiger partial charge < -0.3 is 15.1 Å². The lowest BCUT2D eigenvalue weighted by Gasteiger charge is -2.21. The van der Waals surface area contributed by atoms with E-state index in [1.54, 1.807) is 0 Å². The Bertz CT molecular complexity index is 264. The van der Waals surface area contributed by atoms with Crippen LogP contribution in [0.25, 0.3) is 0 Å². The van der Waals surface area contributed by atoms with E-state index in [2.05, 4.69) is 0 Å². The number of hydrogen-bond acceptors (Lipinski definition) is 3. The van der Waals surface area contributed by atoms with E-state index in [0.29, 0.717) is 6.42 Å². The highest BCUT2D eigenvalue weighted by atomic mass is 16.4. The largest absolute Gasteiger partial charge is 0.480 e. The van der Waals surface area contributed by atoms with Crippen LogP contribution < -0.4 is 0 Å². The number of carboxylic acid groups (broad SMARTS) is 1. The summed E-state index contributed by atoms with van der Waals surface area (Å²) < 4.78 is 0. The zero-order valence-electron chi connectivity index (χ0n) is 9.01. The van der Waals surface area contributed by atoms with Crippen molar-refractivity contribution in [3.8, 4) is 0 Å². The molecule has 2 atom stereocenters. The van der Waals surface area contributed by atoms with E-state index in [1.165, 1.54) is 4.90 Å². The molecule has 2 N–H and O–H groups in total. The second kappa shape index (κ2) is 4.61. The van der Waals surface area contributed by atoms with Gasteiger partial charge in [-0.25, -0.2) is 4.79 Å². The van der Waals surface area contributed by atoms with E-state index < -0.39 is 18.1 Å². The van der Waals surface area contributed by atoms with Gasteiger partial charge in [0.1, 0.15) is 6.04 Å². The van der Waals surface area contributed by atoms with Crippen LogP contribution in [-0.4, -0.2) is 45.7 Å². The summed E-state index contributed by atoms with van der Waals surface area (Å²) in [4.78, 5) is 23.8. The molecule has 15 heavy (non-hydrogen) atoms. The quantitative estimate of drug-likeness (QED) is 0.698. The molecule has 86 valence electrons. The van der Waals surface area contributed by atoms with Crippen molar-refractivity contribution < 1.29 is 19.8 Å². The van der Waals surface area contributed by atoms with Gasteiger partial charge in [0, 0.05) is 19.4 Å². The molecule has 1 heterocycles. The fourth-order valence-corrected chi connectivity index (χ4v) is 1.79. The maximum absolute atomic E-state index is 11.7. The minimum Gasteiger partial charge on any atom is -0.480 e. The number of rotatable bonds is 3. The fraction of sp³-hybridized carbons (Fsp3) is 0.800. The first-order valence-corrected chi connectivity index (χ1v) is 5.12. The fourth-order valence-electron chi connectivity index (χ4n) is 1.79. The second-order valence-corrected chi connectivity index (χ2v) is 4.39. The highest BCUT2D eigenvalue weighted by Crippen LogP contribution is 2.20. The van der Waals surface area contributed by atoms with E-state index in [-0.39, 0.29) is 24.8 Å². The van der Waals surface area contributed by atoms with Crippen LogP contribution in [0.3, 0.4) is 0 Å². The Labute approximate surface area is 88.7 Å². The maximum Gasteiger partial charge on any atom is 0.326 e. The van der Waals surface area contributed by atoms with Gasteiger partial charge in [0.15, 0.2) is 0 Å². The Morgan fingerprint density at radius 1 is 1.47 bits per heavy atom. The molecule has 2 unspecified atom stereocenters. The van der Waals surface area contributed by atoms with Gasteiger partial charge >= 0.3 is 5.97 Å². The molecular formula is C10H17NO4. The number of carbonyl (C=O) groups excluding carboxylic acids is 1. The molecule has 0 radical (unpaired) electrons. The van der Waals surface area contributed by atoms with Crippen LogP contribution in [0.2, 0.25) is 0 Å². The molecule has 0 aromatic rings. The number of aliphatic hydroxyl groups excluding tert-OH is 1. The van der Waals surface area contributed by atoms with Gasteiger partial charge in [-0.15, -0.1) is 0 Å². The molecule has 1 aliphatic rings. The second-order valence-electron chi connectivity index (χ2n) is 4.39. The zero-order valence-corrected chi connectivity index (χ0v) is 9.01. The van der Waals surface area contributed by atoms with Crippen molar-refractivity contribution >= 4 is 11.9 Å². The number of carboxylic acids is 1. The van der Waals surface area contributed by atoms with E-state index in [0.717, 1.165) is 0 Å². The maximum atomic E-state index is 11.7. The summed E-state index contributed by atoms with van der Waals surface area (Å²) in [6, 6.07) is -0.855. The SMILES string of the molecule is CC(C)CC(=O)N1CC(O)CC1C(=O)O. The van der Waals surface area contributed by atoms with E-state index >= 15 is 0 Å². The monoisotopic (exact) mass is 215 g/mol. The predicted octanol–water partition coefficient (Wildman–Crippen LogP) is 0.0789. The average molecular weight is 215 g/mol. The van der Waals surface area contributed by atoms with Crippen LogP contribution in [0.1, 0.15) is 26.7 Å². The number of carbonyl (C=O) groups is 2. The Balaban J connectivity index is 2.66. The molecule has 1 amide bonds. The molecule has 0 aliphatic carbocycles. The standard InChI is InChI=1S/C10H17NO4/c1-6(2)3-9(13)11-5-7(12)4-8(11)10(14)15/h6-8,12H,3-5H2,1-2H3,(H,14,15). The molecule has 1 aliphatic heterocycles. The zero-order chi connectivity index (χ0) is 11.6. The first-order valence-electron chi connectivity index (χ1n) is 5.12. The number of β-amino-alcohol motifs (C(OH)–C–C–N with tert-alkyl or cyclic N) is 1. The van der Waals surface area contributed by atoms with Crippen LogP contribution in [0.15, 0.2) is 0 Å². The van der Waals surface area contributed by atoms with Gasteiger partial charge in [-0.2, -0.15) is 0 Å². The van der Waals surface area contributed by atoms with E-state index in [9.17, 15) is 14.7 Å². The van der Waals surface area contributed by atoms with Gasteiger partial charge in [0.25, 0.3) is 0 Å². The summed E-state index contributed by atoms with van der Waals surface area (Å²) in [5, 5.41) is 18.2. The van der Waals surface area contributed by atoms with Crippen LogP contribution in [0.4, 0.5) is 0 Å². The van der Waals surface area contributed by atoms with Crippen molar-refractivity contribution in [2.75, 3.05) is 6.54 Å². The Kier molecular flexibility index (Phi) is 3.68. The van der Waals surface area contributed by atoms with Crippen LogP contribution in [-0.2, 0) is 9.59 Å². The number of aliphatic carboxylic acids is 1. The lowest BCUT2D eigenvalue weighted by Crippen LogP contribution is -2.40. The first-order chi connectivity index (χ1) is 6.91. The van der Waals surface area contributed by atoms with Gasteiger partial charge in [-0.3, -0.25) is 4.79 Å². The van der Waals surface area contributed by atoms with Crippen molar-refractivity contribution in [2.45, 2.75) is 38.8 Å². The first kappa shape index (κ1) is 12.0. The molecule has 5 heteroatoms. The van der Waals surface area contributed by atoms with Crippen molar-refractivity contribution in [2.24, 2.45) is 5.92 Å². The predicted molar refractivity (Wildman–Crippen MR) is 53.2 cm³/mol. The minimum absolute atomic E-state index is 0.138. The summed E-state index contributed by atoms with van der Waals surface area (Å²) in [6.07, 6.45) is -0.238. The summed E-state index contributed by atoms with van der Waals surface area (Å²) in [6.45, 7) is 3.95. The molecule has 0 spiro atoms. The van der Waals surface area contributed by atoms with Crippen LogP contribution >= 0.6 is 0 Å². The third kappa shape index (κ3) is 2.92. The van der Waals surface area contributed by atoms with Gasteiger partial charge in [-0.1, -0.05) is 13.8 Å². The number of hydrogen-bond donors (Lipinski definition) is 2. The average Bonchev–Trinajstić information content (AvgIpc) is 2.46. The van der Waals surface area contributed by atoms with Crippen molar-refractivity contribution in [3.05, 3.63) is 0 Å². The van der Waals surface area contributed by atoms with Gasteiger partial charge in [-0.05, 0) is 5.92 Å². The number of likely N-dealkylation sites (tertiary alicyclic amines) is 1. The molecule has 1 fully saturated rings. The van der Waals surface area contributed by atoms with Crippen molar-refractivity contribution in [1.82, 2.24) is 4.90 Å². The summed E-state index contributed by atoms with van der Waals surface area (Å²) in [5.74, 6) is -1.03. The molecule has 0 saturated carbocycles. The van der Waals surface area contributed by atoms with Crippen molar-refractivity contribution in [1.29, 1.82) is 0 Å². The molecule has 0 aromatic carbocycles. The van der Waals surface area contributed by atoms with Crippen LogP contribution in [0, 0.1) is 5.92 Å². The Morgan fingerprint density at radius 3 is 2.53 bits per heavy atom. The highest BCUT2D eigenvalue weighted by Gasteiger charge is 2.38. The molecule has 5 nitrogen and oxygen atoms in total. The number of amides is 1.